The van der Waals surface area contributed by atoms with E-state index in [4.69, 9.17) is 16.0 Å². The number of aromatic nitrogens is 1. The zero-order chi connectivity index (χ0) is 15.0. The third kappa shape index (κ3) is 2.80. The van der Waals surface area contributed by atoms with Crippen LogP contribution in [0.15, 0.2) is 28.0 Å². The van der Waals surface area contributed by atoms with Gasteiger partial charge in [-0.3, -0.25) is 4.79 Å². The smallest absolute Gasteiger partial charge is 0.287 e. The maximum Gasteiger partial charge on any atom is 0.287 e. The number of amides is 1. The number of hydrogen-bond acceptors (Lipinski definition) is 4. The average Bonchev–Trinajstić information content (AvgIpc) is 3.01. The third-order valence-corrected chi connectivity index (χ3v) is 4.26. The molecule has 2 heterocycles. The van der Waals surface area contributed by atoms with E-state index in [1.165, 1.54) is 0 Å². The van der Waals surface area contributed by atoms with Crippen molar-refractivity contribution in [2.45, 2.75) is 20.4 Å². The minimum absolute atomic E-state index is 0.245. The Hall–Kier alpha value is -1.85. The van der Waals surface area contributed by atoms with Gasteiger partial charge in [0.1, 0.15) is 5.58 Å². The van der Waals surface area contributed by atoms with Crippen molar-refractivity contribution in [3.8, 4) is 0 Å². The maximum atomic E-state index is 12.2. The Balaban J connectivity index is 1.82. The molecule has 0 saturated heterocycles. The Labute approximate surface area is 130 Å². The SMILES string of the molecule is Cc1nc(CNC(=O)c2oc3ccc(Cl)cc3c2C)cs1. The first-order valence-electron chi connectivity index (χ1n) is 6.42. The van der Waals surface area contributed by atoms with E-state index in [1.54, 1.807) is 29.5 Å². The molecule has 1 N–H and O–H groups in total. The monoisotopic (exact) mass is 320 g/mol. The molecule has 0 aliphatic heterocycles. The summed E-state index contributed by atoms with van der Waals surface area (Å²) < 4.78 is 5.62. The van der Waals surface area contributed by atoms with E-state index in [-0.39, 0.29) is 5.91 Å². The van der Waals surface area contributed by atoms with Crippen LogP contribution < -0.4 is 5.32 Å². The zero-order valence-electron chi connectivity index (χ0n) is 11.6. The van der Waals surface area contributed by atoms with Gasteiger partial charge in [0.2, 0.25) is 0 Å². The van der Waals surface area contributed by atoms with Gasteiger partial charge in [0.25, 0.3) is 5.91 Å². The fourth-order valence-corrected chi connectivity index (χ4v) is 2.93. The molecule has 0 aliphatic rings. The number of furan rings is 1. The summed E-state index contributed by atoms with van der Waals surface area (Å²) in [5.74, 6) is 0.0738. The molecule has 0 spiro atoms. The molecule has 21 heavy (non-hydrogen) atoms. The first-order valence-corrected chi connectivity index (χ1v) is 7.68. The molecule has 3 aromatic rings. The van der Waals surface area contributed by atoms with Crippen LogP contribution in [0.2, 0.25) is 5.02 Å². The normalized spacial score (nSPS) is 11.0. The van der Waals surface area contributed by atoms with E-state index < -0.39 is 0 Å². The molecule has 0 unspecified atom stereocenters. The summed E-state index contributed by atoms with van der Waals surface area (Å²) >= 11 is 7.53. The number of carbonyl (C=O) groups is 1. The summed E-state index contributed by atoms with van der Waals surface area (Å²) in [7, 11) is 0. The van der Waals surface area contributed by atoms with Gasteiger partial charge < -0.3 is 9.73 Å². The Morgan fingerprint density at radius 3 is 2.95 bits per heavy atom. The predicted molar refractivity (Wildman–Crippen MR) is 84.0 cm³/mol. The van der Waals surface area contributed by atoms with E-state index in [0.717, 1.165) is 21.7 Å². The first-order chi connectivity index (χ1) is 10.0. The summed E-state index contributed by atoms with van der Waals surface area (Å²) in [6, 6.07) is 5.31. The topological polar surface area (TPSA) is 55.1 Å². The minimum Gasteiger partial charge on any atom is -0.451 e. The summed E-state index contributed by atoms with van der Waals surface area (Å²) in [6.45, 7) is 4.17. The molecule has 2 aromatic heterocycles. The number of halogens is 1. The molecule has 108 valence electrons. The van der Waals surface area contributed by atoms with Gasteiger partial charge in [-0.25, -0.2) is 4.98 Å². The van der Waals surface area contributed by atoms with Crippen LogP contribution in [0.4, 0.5) is 0 Å². The van der Waals surface area contributed by atoms with Gasteiger partial charge in [0, 0.05) is 21.4 Å². The van der Waals surface area contributed by atoms with E-state index in [0.29, 0.717) is 22.9 Å². The highest BCUT2D eigenvalue weighted by molar-refractivity contribution is 7.09. The molecule has 1 aromatic carbocycles. The Kier molecular flexibility index (Phi) is 3.69. The van der Waals surface area contributed by atoms with Gasteiger partial charge >= 0.3 is 0 Å². The van der Waals surface area contributed by atoms with Crippen molar-refractivity contribution in [3.05, 3.63) is 50.6 Å². The summed E-state index contributed by atoms with van der Waals surface area (Å²) in [6.07, 6.45) is 0. The lowest BCUT2D eigenvalue weighted by molar-refractivity contribution is 0.0924. The van der Waals surface area contributed by atoms with Gasteiger partial charge in [-0.15, -0.1) is 11.3 Å². The lowest BCUT2D eigenvalue weighted by Gasteiger charge is -2.01. The fraction of sp³-hybridized carbons (Fsp3) is 0.200. The van der Waals surface area contributed by atoms with Crippen molar-refractivity contribution >= 4 is 39.8 Å². The van der Waals surface area contributed by atoms with Crippen LogP contribution >= 0.6 is 22.9 Å². The Morgan fingerprint density at radius 1 is 1.43 bits per heavy atom. The number of benzene rings is 1. The molecule has 6 heteroatoms. The fourth-order valence-electron chi connectivity index (χ4n) is 2.15. The first kappa shape index (κ1) is 14.1. The number of carbonyl (C=O) groups excluding carboxylic acids is 1. The molecule has 0 atom stereocenters. The van der Waals surface area contributed by atoms with Gasteiger partial charge in [-0.2, -0.15) is 0 Å². The van der Waals surface area contributed by atoms with Crippen LogP contribution in [0.3, 0.4) is 0 Å². The van der Waals surface area contributed by atoms with Crippen molar-refractivity contribution in [1.29, 1.82) is 0 Å². The van der Waals surface area contributed by atoms with Crippen LogP contribution in [-0.4, -0.2) is 10.9 Å². The largest absolute Gasteiger partial charge is 0.451 e. The number of nitrogens with zero attached hydrogens (tertiary/aromatic N) is 1. The van der Waals surface area contributed by atoms with E-state index >= 15 is 0 Å². The maximum absolute atomic E-state index is 12.2. The number of nitrogens with one attached hydrogen (secondary N) is 1. The number of fused-ring (bicyclic) bond motifs is 1. The van der Waals surface area contributed by atoms with Crippen LogP contribution in [0.5, 0.6) is 0 Å². The minimum atomic E-state index is -0.245. The molecule has 0 radical (unpaired) electrons. The van der Waals surface area contributed by atoms with Gasteiger partial charge in [0.15, 0.2) is 5.76 Å². The highest BCUT2D eigenvalue weighted by atomic mass is 35.5. The number of aryl methyl sites for hydroxylation is 2. The molecule has 0 aliphatic carbocycles. The third-order valence-electron chi connectivity index (χ3n) is 3.20. The van der Waals surface area contributed by atoms with Gasteiger partial charge in [-0.05, 0) is 32.0 Å². The predicted octanol–water partition coefficient (Wildman–Crippen LogP) is 4.09. The van der Waals surface area contributed by atoms with Gasteiger partial charge in [-0.1, -0.05) is 11.6 Å². The van der Waals surface area contributed by atoms with Crippen LogP contribution in [0, 0.1) is 13.8 Å². The van der Waals surface area contributed by atoms with Crippen LogP contribution in [0.25, 0.3) is 11.0 Å². The Morgan fingerprint density at radius 2 is 2.24 bits per heavy atom. The summed E-state index contributed by atoms with van der Waals surface area (Å²) in [5.41, 5.74) is 2.30. The average molecular weight is 321 g/mol. The van der Waals surface area contributed by atoms with E-state index in [1.807, 2.05) is 19.2 Å². The number of thiazole rings is 1. The van der Waals surface area contributed by atoms with Crippen molar-refractivity contribution in [2.75, 3.05) is 0 Å². The molecule has 1 amide bonds. The van der Waals surface area contributed by atoms with Crippen molar-refractivity contribution in [2.24, 2.45) is 0 Å². The summed E-state index contributed by atoms with van der Waals surface area (Å²) in [4.78, 5) is 16.5. The number of rotatable bonds is 3. The van der Waals surface area contributed by atoms with E-state index in [9.17, 15) is 4.79 Å². The van der Waals surface area contributed by atoms with Crippen LogP contribution in [0.1, 0.15) is 26.8 Å². The lowest BCUT2D eigenvalue weighted by atomic mass is 10.1. The highest BCUT2D eigenvalue weighted by Crippen LogP contribution is 2.27. The van der Waals surface area contributed by atoms with Gasteiger partial charge in [0.05, 0.1) is 17.2 Å². The molecule has 0 bridgehead atoms. The molecule has 3 rings (SSSR count). The van der Waals surface area contributed by atoms with Crippen LogP contribution in [-0.2, 0) is 6.54 Å². The lowest BCUT2D eigenvalue weighted by Crippen LogP contribution is -2.23. The second kappa shape index (κ2) is 5.50. The van der Waals surface area contributed by atoms with Crippen molar-refractivity contribution < 1.29 is 9.21 Å². The molecule has 0 fully saturated rings. The van der Waals surface area contributed by atoms with E-state index in [2.05, 4.69) is 10.3 Å². The standard InChI is InChI=1S/C15H13ClN2O2S/c1-8-12-5-10(16)3-4-13(12)20-14(8)15(19)17-6-11-7-21-9(2)18-11/h3-5,7H,6H2,1-2H3,(H,17,19). The van der Waals surface area contributed by atoms with Crippen molar-refractivity contribution in [3.63, 3.8) is 0 Å². The van der Waals surface area contributed by atoms with Crippen molar-refractivity contribution in [1.82, 2.24) is 10.3 Å². The second-order valence-electron chi connectivity index (χ2n) is 4.74. The molecular weight excluding hydrogens is 308 g/mol. The summed E-state index contributed by atoms with van der Waals surface area (Å²) in [5, 5.41) is 7.22. The Bertz CT molecular complexity index is 822. The quantitative estimate of drug-likeness (QED) is 0.790. The molecule has 4 nitrogen and oxygen atoms in total. The second-order valence-corrected chi connectivity index (χ2v) is 6.24. The molecule has 0 saturated carbocycles. The molecular formula is C15H13ClN2O2S. The zero-order valence-corrected chi connectivity index (χ0v) is 13.1. The number of hydrogen-bond donors (Lipinski definition) is 1. The highest BCUT2D eigenvalue weighted by Gasteiger charge is 2.17.